The van der Waals surface area contributed by atoms with Gasteiger partial charge in [0.2, 0.25) is 0 Å². The molecule has 0 aliphatic heterocycles. The van der Waals surface area contributed by atoms with Crippen LogP contribution in [0.15, 0.2) is 0 Å². The van der Waals surface area contributed by atoms with E-state index in [9.17, 15) is 0 Å². The van der Waals surface area contributed by atoms with Gasteiger partial charge in [-0.15, -0.1) is 0 Å². The average Bonchev–Trinajstić information content (AvgIpc) is 0. The molecule has 0 unspecified atom stereocenters. The maximum Gasteiger partial charge on any atom is 0 e. The molecule has 0 rings (SSSR count). The molecule has 4 radical (unpaired) electrons. The van der Waals surface area contributed by atoms with Gasteiger partial charge in [0.25, 0.3) is 0 Å². The molecule has 0 bridgehead atoms. The summed E-state index contributed by atoms with van der Waals surface area (Å²) < 4.78 is 0. The number of rotatable bonds is 0. The van der Waals surface area contributed by atoms with Gasteiger partial charge in [-0.3, -0.25) is 0 Å². The van der Waals surface area contributed by atoms with Crippen LogP contribution in [0.2, 0.25) is 0 Å². The second kappa shape index (κ2) is 17.9. The Morgan fingerprint density at radius 3 is 1.00 bits per heavy atom. The van der Waals surface area contributed by atoms with Gasteiger partial charge in [-0.2, -0.15) is 0 Å². The van der Waals surface area contributed by atoms with Gasteiger partial charge in [0.15, 0.2) is 0 Å². The van der Waals surface area contributed by atoms with Crippen LogP contribution < -0.4 is 0 Å². The number of hydrogen-bond acceptors (Lipinski definition) is 0. The molecule has 0 heterocycles. The second-order valence-corrected chi connectivity index (χ2v) is 0. The quantitative estimate of drug-likeness (QED) is 0.524. The van der Waals surface area contributed by atoms with Crippen LogP contribution in [0.1, 0.15) is 0 Å². The molecule has 0 N–H and O–H groups in total. The molecule has 0 atom stereocenters. The summed E-state index contributed by atoms with van der Waals surface area (Å²) in [6.07, 6.45) is 0. The molecule has 0 aromatic carbocycles. The van der Waals surface area contributed by atoms with E-state index in [1.165, 1.54) is 0 Å². The Hall–Kier alpha value is 2.47. The first-order chi connectivity index (χ1) is 0. The van der Waals surface area contributed by atoms with Crippen LogP contribution in [0.25, 0.3) is 0 Å². The molecule has 0 aliphatic carbocycles. The normalized spacial score (nSPS) is 0. The minimum Gasteiger partial charge on any atom is 0 e. The predicted molar refractivity (Wildman–Crippen MR) is 5.75 cm³/mol. The van der Waals surface area contributed by atoms with Crippen molar-refractivity contribution in [3.05, 3.63) is 0 Å². The maximum absolute atomic E-state index is 0. The smallest absolute Gasteiger partial charge is 0 e. The van der Waals surface area contributed by atoms with E-state index >= 15 is 0 Å². The van der Waals surface area contributed by atoms with Crippen molar-refractivity contribution in [3.63, 3.8) is 0 Å². The summed E-state index contributed by atoms with van der Waals surface area (Å²) in [5.74, 6) is 0. The zero-order valence-electron chi connectivity index (χ0n) is 1.76. The van der Waals surface area contributed by atoms with E-state index in [2.05, 4.69) is 0 Å². The fourth-order valence-corrected chi connectivity index (χ4v) is 0. The van der Waals surface area contributed by atoms with E-state index in [4.69, 9.17) is 0 Å². The first-order valence-corrected chi connectivity index (χ1v) is 0. The maximum atomic E-state index is 0. The molecule has 0 aliphatic rings. The molecule has 0 aromatic heterocycles. The third kappa shape index (κ3) is 8.82. The monoisotopic (exact) mass is 266 g/mol. The Morgan fingerprint density at radius 1 is 1.00 bits per heavy atom. The molecule has 0 saturated carbocycles. The third-order valence-electron chi connectivity index (χ3n) is 0. The predicted octanol–water partition coefficient (Wildman–Crippen LogP) is -0.386. The SMILES string of the molecule is [B].[Ce].[Co].[Fe]. The largest absolute Gasteiger partial charge is 0 e. The Bertz CT molecular complexity index is 8.00. The zero-order chi connectivity index (χ0) is 0. The summed E-state index contributed by atoms with van der Waals surface area (Å²) in [7, 11) is 0. The molecule has 0 nitrogen and oxygen atoms in total. The van der Waals surface area contributed by atoms with Gasteiger partial charge in [0.1, 0.15) is 0 Å². The minimum absolute atomic E-state index is 0. The molecule has 0 amide bonds. The molecule has 0 spiro atoms. The summed E-state index contributed by atoms with van der Waals surface area (Å²) in [4.78, 5) is 0. The van der Waals surface area contributed by atoms with Gasteiger partial charge in [-0.05, 0) is 0 Å². The van der Waals surface area contributed by atoms with Crippen LogP contribution in [0.4, 0.5) is 0 Å². The van der Waals surface area contributed by atoms with Crippen molar-refractivity contribution in [2.24, 2.45) is 0 Å². The summed E-state index contributed by atoms with van der Waals surface area (Å²) in [6, 6.07) is 0. The summed E-state index contributed by atoms with van der Waals surface area (Å²) in [5.41, 5.74) is 0. The van der Waals surface area contributed by atoms with Crippen molar-refractivity contribution < 1.29 is 75.6 Å². The summed E-state index contributed by atoms with van der Waals surface area (Å²) in [5, 5.41) is 0. The van der Waals surface area contributed by atoms with Gasteiger partial charge in [0.05, 0.1) is 0 Å². The zero-order valence-corrected chi connectivity index (χ0v) is 7.05. The summed E-state index contributed by atoms with van der Waals surface area (Å²) in [6.45, 7) is 0. The van der Waals surface area contributed by atoms with E-state index in [1.54, 1.807) is 0 Å². The minimum atomic E-state index is 0. The van der Waals surface area contributed by atoms with Crippen LogP contribution in [-0.4, -0.2) is 8.41 Å². The molecule has 24 valence electrons. The van der Waals surface area contributed by atoms with Crippen molar-refractivity contribution in [1.82, 2.24) is 0 Å². The van der Waals surface area contributed by atoms with E-state index in [1.807, 2.05) is 0 Å². The van der Waals surface area contributed by atoms with Crippen LogP contribution in [-0.2, 0) is 33.8 Å². The summed E-state index contributed by atoms with van der Waals surface area (Å²) >= 11 is 0. The molecule has 0 saturated heterocycles. The van der Waals surface area contributed by atoms with Crippen molar-refractivity contribution >= 4 is 8.41 Å². The van der Waals surface area contributed by atoms with Crippen LogP contribution in [0.3, 0.4) is 0 Å². The van der Waals surface area contributed by atoms with Crippen molar-refractivity contribution in [1.29, 1.82) is 0 Å². The standard InChI is InChI=1S/B.Ce.Co.Fe. The van der Waals surface area contributed by atoms with Crippen LogP contribution in [0.5, 0.6) is 0 Å². The molecular formula is BCeCoFe. The molecule has 0 fully saturated rings. The molecule has 4 heavy (non-hydrogen) atoms. The van der Waals surface area contributed by atoms with Crippen molar-refractivity contribution in [2.75, 3.05) is 0 Å². The molecular weight excluding hydrogens is 266 g/mol. The Morgan fingerprint density at radius 2 is 1.00 bits per heavy atom. The van der Waals surface area contributed by atoms with E-state index in [0.717, 1.165) is 0 Å². The van der Waals surface area contributed by atoms with Gasteiger partial charge in [-0.1, -0.05) is 0 Å². The van der Waals surface area contributed by atoms with E-state index < -0.39 is 0 Å². The van der Waals surface area contributed by atoms with Gasteiger partial charge in [0, 0.05) is 84.0 Å². The number of hydrogen-bond donors (Lipinski definition) is 0. The average molecular weight is 266 g/mol. The fourth-order valence-electron chi connectivity index (χ4n) is 0. The molecule has 4 heteroatoms. The van der Waals surface area contributed by atoms with E-state index in [-0.39, 0.29) is 84.0 Å². The molecule has 0 aromatic rings. The van der Waals surface area contributed by atoms with E-state index in [0.29, 0.717) is 0 Å². The van der Waals surface area contributed by atoms with Crippen LogP contribution in [0, 0.1) is 41.7 Å². The fraction of sp³-hybridized carbons (Fsp3) is 0. The van der Waals surface area contributed by atoms with Gasteiger partial charge >= 0.3 is 0 Å². The topological polar surface area (TPSA) is 0 Å². The Kier molecular flexibility index (Phi) is 142. The van der Waals surface area contributed by atoms with Crippen LogP contribution >= 0.6 is 0 Å². The third-order valence-corrected chi connectivity index (χ3v) is 0. The Labute approximate surface area is 82.5 Å². The van der Waals surface area contributed by atoms with Gasteiger partial charge < -0.3 is 0 Å². The van der Waals surface area contributed by atoms with Crippen molar-refractivity contribution in [2.45, 2.75) is 0 Å². The first-order valence-electron chi connectivity index (χ1n) is 0. The second-order valence-electron chi connectivity index (χ2n) is 0. The Balaban J connectivity index is 0. The van der Waals surface area contributed by atoms with Gasteiger partial charge in [-0.25, -0.2) is 0 Å². The van der Waals surface area contributed by atoms with Crippen molar-refractivity contribution in [3.8, 4) is 0 Å². The first kappa shape index (κ1) is 31.8.